The molecule has 0 spiro atoms. The van der Waals surface area contributed by atoms with Crippen LogP contribution in [-0.4, -0.2) is 30.5 Å². The molecule has 0 aromatic rings. The van der Waals surface area contributed by atoms with E-state index in [2.05, 4.69) is 0 Å². The van der Waals surface area contributed by atoms with Crippen molar-refractivity contribution in [2.75, 3.05) is 25.6 Å². The first-order valence-corrected chi connectivity index (χ1v) is 8.08. The number of ether oxygens (including phenoxy) is 1. The van der Waals surface area contributed by atoms with Gasteiger partial charge < -0.3 is 15.6 Å². The predicted molar refractivity (Wildman–Crippen MR) is 58.2 cm³/mol. The van der Waals surface area contributed by atoms with E-state index in [1.807, 2.05) is 13.8 Å². The standard InChI is InChI=1S/C6H15O3PS2.K.H/c1-3-8-5-6-12-10(7,11)9-4-2;;/h3-6H2,1-2H3,(H,7,11);;/q;+1;-1. The third-order valence-corrected chi connectivity index (χ3v) is 5.35. The molecular formula is C6H16KO3PS2. The van der Waals surface area contributed by atoms with Crippen LogP contribution in [-0.2, 0) is 21.1 Å². The summed E-state index contributed by atoms with van der Waals surface area (Å²) in [6.45, 7) is 5.54. The number of rotatable bonds is 7. The molecule has 0 fully saturated rings. The molecule has 0 heterocycles. The van der Waals surface area contributed by atoms with E-state index in [4.69, 9.17) is 21.1 Å². The van der Waals surface area contributed by atoms with E-state index < -0.39 is 5.69 Å². The van der Waals surface area contributed by atoms with Crippen LogP contribution >= 0.6 is 17.1 Å². The zero-order valence-corrected chi connectivity index (χ0v) is 14.0. The van der Waals surface area contributed by atoms with E-state index in [-0.39, 0.29) is 52.8 Å². The topological polar surface area (TPSA) is 38.7 Å². The fourth-order valence-electron chi connectivity index (χ4n) is 0.556. The third kappa shape index (κ3) is 12.4. The molecule has 13 heavy (non-hydrogen) atoms. The summed E-state index contributed by atoms with van der Waals surface area (Å²) in [6, 6.07) is 0. The van der Waals surface area contributed by atoms with Crippen molar-refractivity contribution in [3.8, 4) is 0 Å². The van der Waals surface area contributed by atoms with E-state index in [0.29, 0.717) is 25.6 Å². The fraction of sp³-hybridized carbons (Fsp3) is 1.00. The van der Waals surface area contributed by atoms with Gasteiger partial charge >= 0.3 is 51.4 Å². The van der Waals surface area contributed by atoms with Crippen LogP contribution in [0.1, 0.15) is 15.3 Å². The first-order valence-electron chi connectivity index (χ1n) is 3.82. The van der Waals surface area contributed by atoms with Crippen molar-refractivity contribution >= 4 is 28.9 Å². The molecule has 3 nitrogen and oxygen atoms in total. The maximum Gasteiger partial charge on any atom is 1.00 e. The van der Waals surface area contributed by atoms with E-state index >= 15 is 0 Å². The summed E-state index contributed by atoms with van der Waals surface area (Å²) in [5.74, 6) is 0.696. The van der Waals surface area contributed by atoms with E-state index in [0.717, 1.165) is 0 Å². The molecule has 76 valence electrons. The Kier molecular flexibility index (Phi) is 15.2. The minimum absolute atomic E-state index is 0. The molecular weight excluding hydrogens is 254 g/mol. The average Bonchev–Trinajstić information content (AvgIpc) is 1.98. The van der Waals surface area contributed by atoms with Crippen molar-refractivity contribution in [2.45, 2.75) is 13.8 Å². The van der Waals surface area contributed by atoms with Gasteiger partial charge in [0.05, 0.1) is 13.2 Å². The molecule has 1 unspecified atom stereocenters. The second-order valence-electron chi connectivity index (χ2n) is 1.92. The van der Waals surface area contributed by atoms with Crippen LogP contribution in [0.5, 0.6) is 0 Å². The predicted octanol–water partition coefficient (Wildman–Crippen LogP) is -0.874. The average molecular weight is 270 g/mol. The molecule has 0 aromatic heterocycles. The van der Waals surface area contributed by atoms with Gasteiger partial charge in [0, 0.05) is 12.4 Å². The van der Waals surface area contributed by atoms with Crippen molar-refractivity contribution in [3.05, 3.63) is 0 Å². The van der Waals surface area contributed by atoms with Gasteiger partial charge in [0.2, 0.25) is 5.69 Å². The Morgan fingerprint density at radius 3 is 2.54 bits per heavy atom. The number of hydrogen-bond acceptors (Lipinski definition) is 4. The first-order chi connectivity index (χ1) is 5.62. The Labute approximate surface area is 133 Å². The van der Waals surface area contributed by atoms with Crippen LogP contribution in [0.2, 0.25) is 0 Å². The van der Waals surface area contributed by atoms with Crippen LogP contribution in [0.3, 0.4) is 0 Å². The van der Waals surface area contributed by atoms with Gasteiger partial charge in [0.15, 0.2) is 0 Å². The molecule has 0 aliphatic carbocycles. The maximum atomic E-state index is 9.42. The first kappa shape index (κ1) is 17.9. The smallest absolute Gasteiger partial charge is 1.00 e. The molecule has 1 N–H and O–H groups in total. The van der Waals surface area contributed by atoms with Crippen molar-refractivity contribution in [1.82, 2.24) is 0 Å². The molecule has 7 heteroatoms. The third-order valence-electron chi connectivity index (χ3n) is 0.978. The Morgan fingerprint density at radius 2 is 2.08 bits per heavy atom. The minimum Gasteiger partial charge on any atom is -1.00 e. The van der Waals surface area contributed by atoms with Gasteiger partial charge in [0.25, 0.3) is 0 Å². The molecule has 1 atom stereocenters. The summed E-state index contributed by atoms with van der Waals surface area (Å²) in [6.07, 6.45) is 0. The quantitative estimate of drug-likeness (QED) is 0.370. The summed E-state index contributed by atoms with van der Waals surface area (Å²) >= 11 is 6.12. The maximum absolute atomic E-state index is 9.42. The van der Waals surface area contributed by atoms with Gasteiger partial charge in [0.1, 0.15) is 0 Å². The SMILES string of the molecule is CCOCCSP(O)(=S)OCC.[H-].[K+]. The number of hydrogen-bond donors (Lipinski definition) is 1. The Hall–Kier alpha value is 2.52. The Bertz CT molecular complexity index is 164. The molecule has 0 saturated heterocycles. The van der Waals surface area contributed by atoms with Crippen molar-refractivity contribution in [1.29, 1.82) is 0 Å². The Balaban J connectivity index is -0.000000605. The zero-order valence-electron chi connectivity index (χ0n) is 9.36. The summed E-state index contributed by atoms with van der Waals surface area (Å²) < 4.78 is 10.1. The summed E-state index contributed by atoms with van der Waals surface area (Å²) in [4.78, 5) is 9.42. The van der Waals surface area contributed by atoms with Gasteiger partial charge in [-0.2, -0.15) is 0 Å². The summed E-state index contributed by atoms with van der Waals surface area (Å²) in [5.41, 5.74) is -2.56. The van der Waals surface area contributed by atoms with Crippen LogP contribution < -0.4 is 51.4 Å². The van der Waals surface area contributed by atoms with Crippen molar-refractivity contribution in [3.63, 3.8) is 0 Å². The van der Waals surface area contributed by atoms with Crippen LogP contribution in [0.4, 0.5) is 0 Å². The zero-order chi connectivity index (χ0) is 9.45. The summed E-state index contributed by atoms with van der Waals surface area (Å²) in [7, 11) is 0. The van der Waals surface area contributed by atoms with Crippen LogP contribution in [0, 0.1) is 0 Å². The van der Waals surface area contributed by atoms with Crippen LogP contribution in [0.15, 0.2) is 0 Å². The molecule has 0 saturated carbocycles. The largest absolute Gasteiger partial charge is 1.00 e. The molecule has 0 aromatic carbocycles. The normalized spacial score (nSPS) is 14.7. The molecule has 0 aliphatic heterocycles. The monoisotopic (exact) mass is 270 g/mol. The second-order valence-corrected chi connectivity index (χ2v) is 8.22. The van der Waals surface area contributed by atoms with Crippen LogP contribution in [0.25, 0.3) is 0 Å². The van der Waals surface area contributed by atoms with Gasteiger partial charge in [-0.05, 0) is 25.7 Å². The molecule has 0 radical (unpaired) electrons. The molecule has 0 amide bonds. The molecule has 0 aliphatic rings. The summed E-state index contributed by atoms with van der Waals surface area (Å²) in [5, 5.41) is 0. The molecule has 0 bridgehead atoms. The van der Waals surface area contributed by atoms with Gasteiger partial charge in [-0.15, -0.1) is 0 Å². The Morgan fingerprint density at radius 1 is 1.46 bits per heavy atom. The van der Waals surface area contributed by atoms with E-state index in [1.165, 1.54) is 11.4 Å². The van der Waals surface area contributed by atoms with Crippen molar-refractivity contribution < 1.29 is 67.0 Å². The fourth-order valence-corrected chi connectivity index (χ4v) is 3.82. The minimum atomic E-state index is -2.56. The van der Waals surface area contributed by atoms with E-state index in [9.17, 15) is 4.89 Å². The van der Waals surface area contributed by atoms with Gasteiger partial charge in [-0.25, -0.2) is 0 Å². The molecule has 0 rings (SSSR count). The second kappa shape index (κ2) is 11.0. The van der Waals surface area contributed by atoms with Gasteiger partial charge in [-0.3, -0.25) is 0 Å². The van der Waals surface area contributed by atoms with Crippen molar-refractivity contribution in [2.24, 2.45) is 0 Å². The van der Waals surface area contributed by atoms with Gasteiger partial charge in [-0.1, -0.05) is 11.4 Å². The van der Waals surface area contributed by atoms with E-state index in [1.54, 1.807) is 0 Å².